The number of aryl methyl sites for hydroxylation is 3. The molecule has 0 spiro atoms. The molecule has 67 heavy (non-hydrogen) atoms. The van der Waals surface area contributed by atoms with Crippen molar-refractivity contribution < 1.29 is 13.7 Å². The maximum absolute atomic E-state index is 14.2. The normalized spacial score (nSPS) is 11.4. The van der Waals surface area contributed by atoms with Gasteiger partial charge in [0.15, 0.2) is 0 Å². The van der Waals surface area contributed by atoms with Gasteiger partial charge in [0.2, 0.25) is 0 Å². The molecule has 0 saturated carbocycles. The number of halogens is 7. The first-order valence-corrected chi connectivity index (χ1v) is 23.6. The second-order valence-electron chi connectivity index (χ2n) is 17.6. The minimum absolute atomic E-state index is 0.0793. The Kier molecular flexibility index (Phi) is 17.6. The number of nitrogens with one attached hydrogen (secondary N) is 2. The summed E-state index contributed by atoms with van der Waals surface area (Å²) in [4.78, 5) is 12.4. The summed E-state index contributed by atoms with van der Waals surface area (Å²) in [5.41, 5.74) is 11.6. The van der Waals surface area contributed by atoms with Crippen molar-refractivity contribution in [1.82, 2.24) is 40.3 Å². The highest BCUT2D eigenvalue weighted by Crippen LogP contribution is 2.39. The van der Waals surface area contributed by atoms with E-state index in [1.165, 1.54) is 10.7 Å². The maximum Gasteiger partial charge on any atom is 0.273 e. The lowest BCUT2D eigenvalue weighted by molar-refractivity contribution is 0.0953. The molecular weight excluding hydrogens is 1020 g/mol. The molecule has 12 nitrogen and oxygen atoms in total. The molecule has 4 heterocycles. The molecule has 1 amide bonds. The van der Waals surface area contributed by atoms with Gasteiger partial charge < -0.3 is 4.52 Å². The third kappa shape index (κ3) is 12.1. The summed E-state index contributed by atoms with van der Waals surface area (Å²) in [5, 5.41) is 31.6. The van der Waals surface area contributed by atoms with Crippen LogP contribution in [-0.4, -0.2) is 40.8 Å². The highest BCUT2D eigenvalue weighted by molar-refractivity contribution is 9.10. The van der Waals surface area contributed by atoms with E-state index in [1.807, 2.05) is 50.6 Å². The van der Waals surface area contributed by atoms with Gasteiger partial charge in [0.05, 0.1) is 56.3 Å². The second kappa shape index (κ2) is 22.1. The number of nitriles is 1. The van der Waals surface area contributed by atoms with Gasteiger partial charge >= 0.3 is 0 Å². The Labute approximate surface area is 423 Å². The van der Waals surface area contributed by atoms with E-state index >= 15 is 0 Å². The third-order valence-corrected chi connectivity index (χ3v) is 13.6. The summed E-state index contributed by atoms with van der Waals surface area (Å²) in [6, 6.07) is 17.4. The number of amides is 1. The van der Waals surface area contributed by atoms with Crippen molar-refractivity contribution in [2.24, 2.45) is 5.84 Å². The number of carbonyl (C=O) groups is 1. The summed E-state index contributed by atoms with van der Waals surface area (Å²) in [6.45, 7) is 20.9. The van der Waals surface area contributed by atoms with Crippen LogP contribution in [0.3, 0.4) is 0 Å². The average molecular weight is 1080 g/mol. The fourth-order valence-corrected chi connectivity index (χ4v) is 8.90. The number of benzene rings is 3. The molecule has 4 aromatic heterocycles. The van der Waals surface area contributed by atoms with Crippen molar-refractivity contribution in [3.8, 4) is 23.2 Å². The topological polar surface area (TPSA) is 169 Å². The molecular formula is C48H51BrCl5FN10O2. The molecule has 0 aliphatic rings. The molecule has 0 aliphatic carbocycles. The van der Waals surface area contributed by atoms with E-state index < -0.39 is 5.91 Å². The van der Waals surface area contributed by atoms with Crippen molar-refractivity contribution in [2.75, 3.05) is 0 Å². The van der Waals surface area contributed by atoms with E-state index in [-0.39, 0.29) is 33.8 Å². The predicted octanol–water partition coefficient (Wildman–Crippen LogP) is 13.5. The minimum Gasteiger partial charge on any atom is -0.335 e. The Morgan fingerprint density at radius 3 is 1.87 bits per heavy atom. The van der Waals surface area contributed by atoms with Gasteiger partial charge in [-0.25, -0.2) is 14.9 Å². The lowest BCUT2D eigenvalue weighted by atomic mass is 9.81. The van der Waals surface area contributed by atoms with E-state index in [0.717, 1.165) is 55.3 Å². The molecule has 0 radical (unpaired) electrons. The van der Waals surface area contributed by atoms with Crippen LogP contribution in [0.1, 0.15) is 115 Å². The standard InChI is InChI=1S/C18H24ClFN2.C15H12BrCl2N5O2.C15H15Cl2N3/c1-17(2,3)15-12(16(22-21-15)18(4,5)6)10-11-13(19)8-7-9-14(11)20;1-6-12(16)7(2)23(21-6)15-11(14(24)20-19)13(22-25-15)10-8(17)4-3-5-9(10)18;1-10-12(11(2)20(19-10)8-4-7-18)9-13-14(16)5-3-6-15(13)17/h7-9H,10H2,1-6H3,(H,21,22);3-5H,19H2,1-2H3,(H,20,24);3,5-6H,4,8-9H2,1-2H3. The summed E-state index contributed by atoms with van der Waals surface area (Å²) in [6.07, 6.45) is 1.55. The lowest BCUT2D eigenvalue weighted by Gasteiger charge is -2.22. The number of rotatable bonds is 9. The molecule has 0 unspecified atom stereocenters. The minimum atomic E-state index is -0.606. The predicted molar refractivity (Wildman–Crippen MR) is 269 cm³/mol. The van der Waals surface area contributed by atoms with Gasteiger partial charge in [-0.3, -0.25) is 20.0 Å². The molecule has 354 valence electrons. The molecule has 0 saturated heterocycles. The van der Waals surface area contributed by atoms with Gasteiger partial charge in [0, 0.05) is 72.4 Å². The van der Waals surface area contributed by atoms with Gasteiger partial charge in [-0.05, 0) is 85.6 Å². The van der Waals surface area contributed by atoms with Gasteiger partial charge in [0.1, 0.15) is 17.1 Å². The van der Waals surface area contributed by atoms with Crippen molar-refractivity contribution >= 4 is 79.8 Å². The van der Waals surface area contributed by atoms with Gasteiger partial charge in [-0.2, -0.15) is 20.6 Å². The first-order chi connectivity index (χ1) is 31.4. The molecule has 4 N–H and O–H groups in total. The number of nitrogen functional groups attached to an aromatic ring is 1. The Hall–Kier alpha value is -4.72. The highest BCUT2D eigenvalue weighted by Gasteiger charge is 2.31. The Bertz CT molecular complexity index is 2860. The maximum atomic E-state index is 14.2. The largest absolute Gasteiger partial charge is 0.335 e. The fourth-order valence-electron chi connectivity index (χ4n) is 7.32. The fraction of sp³-hybridized carbons (Fsp3) is 0.333. The van der Waals surface area contributed by atoms with Gasteiger partial charge in [0.25, 0.3) is 11.8 Å². The Morgan fingerprint density at radius 1 is 0.806 bits per heavy atom. The van der Waals surface area contributed by atoms with Crippen LogP contribution >= 0.6 is 73.9 Å². The monoisotopic (exact) mass is 1070 g/mol. The molecule has 0 bridgehead atoms. The smallest absolute Gasteiger partial charge is 0.273 e. The van der Waals surface area contributed by atoms with E-state index in [0.29, 0.717) is 62.0 Å². The number of carbonyl (C=O) groups excluding carboxylic acids is 1. The van der Waals surface area contributed by atoms with E-state index in [2.05, 4.69) is 94.5 Å². The number of hydrazine groups is 1. The summed E-state index contributed by atoms with van der Waals surface area (Å²) < 4.78 is 23.7. The quantitative estimate of drug-likeness (QED) is 0.0729. The molecule has 0 atom stereocenters. The third-order valence-electron chi connectivity index (χ3n) is 10.8. The number of aromatic nitrogens is 7. The van der Waals surface area contributed by atoms with Crippen LogP contribution in [0.2, 0.25) is 25.1 Å². The van der Waals surface area contributed by atoms with Crippen molar-refractivity contribution in [2.45, 2.75) is 106 Å². The van der Waals surface area contributed by atoms with Crippen LogP contribution in [0.4, 0.5) is 4.39 Å². The highest BCUT2D eigenvalue weighted by atomic mass is 79.9. The number of nitrogens with two attached hydrogens (primary N) is 1. The Morgan fingerprint density at radius 2 is 1.36 bits per heavy atom. The molecule has 3 aromatic carbocycles. The van der Waals surface area contributed by atoms with Crippen molar-refractivity contribution in [3.63, 3.8) is 0 Å². The number of H-pyrrole nitrogens is 1. The molecule has 0 aliphatic heterocycles. The lowest BCUT2D eigenvalue weighted by Crippen LogP contribution is -2.31. The number of aromatic amines is 1. The van der Waals surface area contributed by atoms with E-state index in [4.69, 9.17) is 73.6 Å². The zero-order valence-corrected chi connectivity index (χ0v) is 44.1. The average Bonchev–Trinajstić information content (AvgIpc) is 4.01. The van der Waals surface area contributed by atoms with Crippen LogP contribution < -0.4 is 11.3 Å². The zero-order valence-electron chi connectivity index (χ0n) is 38.7. The first-order valence-electron chi connectivity index (χ1n) is 20.9. The number of nitrogens with zero attached hydrogens (tertiary/aromatic N) is 7. The number of hydrogen-bond donors (Lipinski definition) is 3. The van der Waals surface area contributed by atoms with Crippen LogP contribution in [-0.2, 0) is 30.2 Å². The summed E-state index contributed by atoms with van der Waals surface area (Å²) in [5.74, 6) is 4.57. The van der Waals surface area contributed by atoms with Crippen molar-refractivity contribution in [3.05, 3.63) is 152 Å². The van der Waals surface area contributed by atoms with Crippen molar-refractivity contribution in [1.29, 1.82) is 5.26 Å². The van der Waals surface area contributed by atoms with E-state index in [9.17, 15) is 9.18 Å². The first kappa shape index (κ1) is 53.2. The molecule has 7 rings (SSSR count). The Balaban J connectivity index is 0.000000189. The molecule has 0 fully saturated rings. The van der Waals surface area contributed by atoms with Crippen LogP contribution in [0, 0.1) is 44.8 Å². The summed E-state index contributed by atoms with van der Waals surface area (Å²) in [7, 11) is 0. The van der Waals surface area contributed by atoms with Crippen LogP contribution in [0.15, 0.2) is 63.6 Å². The SMILES string of the molecule is CC(C)(C)c1n[nH]c(C(C)(C)C)c1Cc1c(F)cccc1Cl.Cc1nn(-c2onc(-c3c(Cl)cccc3Cl)c2C(=O)NN)c(C)c1Br.Cc1nn(CCC#N)c(C)c1Cc1c(Cl)cccc1Cl. The summed E-state index contributed by atoms with van der Waals surface area (Å²) >= 11 is 34.6. The van der Waals surface area contributed by atoms with Crippen LogP contribution in [0.25, 0.3) is 17.1 Å². The second-order valence-corrected chi connectivity index (χ2v) is 20.5. The van der Waals surface area contributed by atoms with Crippen LogP contribution in [0.5, 0.6) is 0 Å². The van der Waals surface area contributed by atoms with Gasteiger partial charge in [-0.1, -0.05) is 123 Å². The van der Waals surface area contributed by atoms with Gasteiger partial charge in [-0.15, -0.1) is 0 Å². The number of hydrogen-bond acceptors (Lipinski definition) is 8. The molecule has 7 aromatic rings. The van der Waals surface area contributed by atoms with E-state index in [1.54, 1.807) is 30.3 Å². The zero-order chi connectivity index (χ0) is 49.7. The molecule has 19 heteroatoms.